The van der Waals surface area contributed by atoms with Gasteiger partial charge in [-0.15, -0.1) is 11.8 Å². The zero-order chi connectivity index (χ0) is 13.3. The molecule has 4 heteroatoms. The van der Waals surface area contributed by atoms with Gasteiger partial charge in [-0.2, -0.15) is 0 Å². The molecule has 0 aromatic heterocycles. The van der Waals surface area contributed by atoms with E-state index >= 15 is 0 Å². The largest absolute Gasteiger partial charge is 0.328 e. The lowest BCUT2D eigenvalue weighted by Crippen LogP contribution is -2.37. The minimum atomic E-state index is -0.396. The maximum Gasteiger partial charge on any atom is 0.240 e. The molecular weight excluding hydrogens is 244 g/mol. The molecule has 0 radical (unpaired) electrons. The average Bonchev–Trinajstić information content (AvgIpc) is 2.27. The highest BCUT2D eigenvalue weighted by Crippen LogP contribution is 2.42. The van der Waals surface area contributed by atoms with Crippen LogP contribution in [0.4, 0.5) is 5.69 Å². The Hall–Kier alpha value is -1.00. The van der Waals surface area contributed by atoms with Crippen LogP contribution in [-0.2, 0) is 11.2 Å². The summed E-state index contributed by atoms with van der Waals surface area (Å²) in [6.45, 7) is 5.92. The lowest BCUT2D eigenvalue weighted by molar-refractivity contribution is -0.117. The molecule has 1 aliphatic rings. The van der Waals surface area contributed by atoms with Crippen molar-refractivity contribution in [1.29, 1.82) is 0 Å². The molecule has 0 fully saturated rings. The Bertz CT molecular complexity index is 469. The SMILES string of the molecule is CC(N)CCc1ccc2c(c1)SC(C)(C)C(=O)N2. The highest BCUT2D eigenvalue weighted by Gasteiger charge is 2.34. The van der Waals surface area contributed by atoms with E-state index in [4.69, 9.17) is 5.73 Å². The van der Waals surface area contributed by atoms with Crippen LogP contribution in [0.2, 0.25) is 0 Å². The summed E-state index contributed by atoms with van der Waals surface area (Å²) >= 11 is 1.63. The van der Waals surface area contributed by atoms with Crippen LogP contribution in [-0.4, -0.2) is 16.7 Å². The Morgan fingerprint density at radius 1 is 1.44 bits per heavy atom. The molecule has 18 heavy (non-hydrogen) atoms. The first-order chi connectivity index (χ1) is 8.38. The van der Waals surface area contributed by atoms with E-state index in [0.717, 1.165) is 23.4 Å². The number of fused-ring (bicyclic) bond motifs is 1. The van der Waals surface area contributed by atoms with Gasteiger partial charge in [0, 0.05) is 10.9 Å². The smallest absolute Gasteiger partial charge is 0.240 e. The van der Waals surface area contributed by atoms with Crippen LogP contribution in [0, 0.1) is 0 Å². The number of carbonyl (C=O) groups is 1. The van der Waals surface area contributed by atoms with Gasteiger partial charge in [-0.05, 0) is 51.3 Å². The van der Waals surface area contributed by atoms with Crippen LogP contribution in [0.15, 0.2) is 23.1 Å². The number of hydrogen-bond donors (Lipinski definition) is 2. The van der Waals surface area contributed by atoms with E-state index in [0.29, 0.717) is 0 Å². The summed E-state index contributed by atoms with van der Waals surface area (Å²) in [6.07, 6.45) is 1.97. The van der Waals surface area contributed by atoms with Gasteiger partial charge in [0.15, 0.2) is 0 Å². The zero-order valence-electron chi connectivity index (χ0n) is 11.1. The molecule has 3 N–H and O–H groups in total. The van der Waals surface area contributed by atoms with E-state index in [2.05, 4.69) is 17.4 Å². The van der Waals surface area contributed by atoms with Crippen LogP contribution in [0.5, 0.6) is 0 Å². The van der Waals surface area contributed by atoms with Crippen molar-refractivity contribution < 1.29 is 4.79 Å². The molecule has 1 amide bonds. The second kappa shape index (κ2) is 4.94. The molecule has 1 atom stereocenters. The number of hydrogen-bond acceptors (Lipinski definition) is 3. The van der Waals surface area contributed by atoms with Gasteiger partial charge < -0.3 is 11.1 Å². The molecule has 1 aromatic carbocycles. The molecule has 1 aliphatic heterocycles. The summed E-state index contributed by atoms with van der Waals surface area (Å²) in [4.78, 5) is 13.0. The topological polar surface area (TPSA) is 55.1 Å². The fourth-order valence-electron chi connectivity index (χ4n) is 1.90. The molecule has 1 heterocycles. The predicted molar refractivity (Wildman–Crippen MR) is 77.0 cm³/mol. The Morgan fingerprint density at radius 2 is 2.17 bits per heavy atom. The van der Waals surface area contributed by atoms with Crippen molar-refractivity contribution in [2.45, 2.75) is 49.3 Å². The van der Waals surface area contributed by atoms with Gasteiger partial charge >= 0.3 is 0 Å². The Kier molecular flexibility index (Phi) is 3.69. The van der Waals surface area contributed by atoms with E-state index < -0.39 is 4.75 Å². The van der Waals surface area contributed by atoms with Crippen molar-refractivity contribution in [3.05, 3.63) is 23.8 Å². The lowest BCUT2D eigenvalue weighted by atomic mass is 10.1. The number of benzene rings is 1. The molecule has 1 aromatic rings. The van der Waals surface area contributed by atoms with Gasteiger partial charge in [0.1, 0.15) is 0 Å². The van der Waals surface area contributed by atoms with Gasteiger partial charge in [0.25, 0.3) is 0 Å². The van der Waals surface area contributed by atoms with Crippen LogP contribution >= 0.6 is 11.8 Å². The van der Waals surface area contributed by atoms with Crippen LogP contribution in [0.25, 0.3) is 0 Å². The average molecular weight is 264 g/mol. The van der Waals surface area contributed by atoms with E-state index in [-0.39, 0.29) is 11.9 Å². The fourth-order valence-corrected chi connectivity index (χ4v) is 3.03. The highest BCUT2D eigenvalue weighted by molar-refractivity contribution is 8.01. The van der Waals surface area contributed by atoms with Crippen LogP contribution < -0.4 is 11.1 Å². The maximum absolute atomic E-state index is 11.8. The van der Waals surface area contributed by atoms with Gasteiger partial charge in [-0.1, -0.05) is 6.07 Å². The van der Waals surface area contributed by atoms with Crippen molar-refractivity contribution in [2.75, 3.05) is 5.32 Å². The third-order valence-corrected chi connectivity index (χ3v) is 4.35. The molecule has 98 valence electrons. The highest BCUT2D eigenvalue weighted by atomic mass is 32.2. The van der Waals surface area contributed by atoms with Crippen molar-refractivity contribution in [3.8, 4) is 0 Å². The third kappa shape index (κ3) is 2.87. The normalized spacial score (nSPS) is 19.0. The molecule has 1 unspecified atom stereocenters. The summed E-state index contributed by atoms with van der Waals surface area (Å²) in [5.41, 5.74) is 7.98. The second-order valence-corrected chi connectivity index (χ2v) is 7.08. The van der Waals surface area contributed by atoms with E-state index in [9.17, 15) is 4.79 Å². The predicted octanol–water partition coefficient (Wildman–Crippen LogP) is 2.79. The Morgan fingerprint density at radius 3 is 2.83 bits per heavy atom. The van der Waals surface area contributed by atoms with E-state index in [1.165, 1.54) is 5.56 Å². The van der Waals surface area contributed by atoms with Crippen molar-refractivity contribution in [2.24, 2.45) is 5.73 Å². The number of carbonyl (C=O) groups excluding carboxylic acids is 1. The summed E-state index contributed by atoms with van der Waals surface area (Å²) in [5.74, 6) is 0.0725. The number of nitrogens with two attached hydrogens (primary N) is 1. The van der Waals surface area contributed by atoms with Gasteiger partial charge in [-0.25, -0.2) is 0 Å². The molecule has 0 spiro atoms. The first kappa shape index (κ1) is 13.4. The van der Waals surface area contributed by atoms with Crippen LogP contribution in [0.3, 0.4) is 0 Å². The zero-order valence-corrected chi connectivity index (χ0v) is 11.9. The fraction of sp³-hybridized carbons (Fsp3) is 0.500. The van der Waals surface area contributed by atoms with Gasteiger partial charge in [0.05, 0.1) is 10.4 Å². The Balaban J connectivity index is 2.20. The molecule has 0 saturated carbocycles. The first-order valence-electron chi connectivity index (χ1n) is 6.27. The third-order valence-electron chi connectivity index (χ3n) is 3.09. The minimum absolute atomic E-state index is 0.0725. The number of amides is 1. The van der Waals surface area contributed by atoms with E-state index in [1.54, 1.807) is 11.8 Å². The number of aryl methyl sites for hydroxylation is 1. The maximum atomic E-state index is 11.8. The van der Waals surface area contributed by atoms with Crippen molar-refractivity contribution in [1.82, 2.24) is 0 Å². The van der Waals surface area contributed by atoms with Crippen LogP contribution in [0.1, 0.15) is 32.8 Å². The van der Waals surface area contributed by atoms with Gasteiger partial charge in [-0.3, -0.25) is 4.79 Å². The summed E-state index contributed by atoms with van der Waals surface area (Å²) < 4.78 is -0.396. The van der Waals surface area contributed by atoms with E-state index in [1.807, 2.05) is 26.8 Å². The summed E-state index contributed by atoms with van der Waals surface area (Å²) in [6, 6.07) is 6.46. The number of nitrogens with one attached hydrogen (secondary N) is 1. The standard InChI is InChI=1S/C14H20N2OS/c1-9(15)4-5-10-6-7-11-12(8-10)18-14(2,3)13(17)16-11/h6-9H,4-5,15H2,1-3H3,(H,16,17). The summed E-state index contributed by atoms with van der Waals surface area (Å²) in [5, 5.41) is 2.96. The number of thioether (sulfide) groups is 1. The van der Waals surface area contributed by atoms with Crippen molar-refractivity contribution >= 4 is 23.4 Å². The molecule has 0 bridgehead atoms. The lowest BCUT2D eigenvalue weighted by Gasteiger charge is -2.30. The molecule has 2 rings (SSSR count). The monoisotopic (exact) mass is 264 g/mol. The second-order valence-electron chi connectivity index (χ2n) is 5.41. The minimum Gasteiger partial charge on any atom is -0.328 e. The van der Waals surface area contributed by atoms with Crippen molar-refractivity contribution in [3.63, 3.8) is 0 Å². The Labute approximate surface area is 113 Å². The molecule has 3 nitrogen and oxygen atoms in total. The van der Waals surface area contributed by atoms with Gasteiger partial charge in [0.2, 0.25) is 5.91 Å². The number of rotatable bonds is 3. The quantitative estimate of drug-likeness (QED) is 0.882. The number of anilines is 1. The first-order valence-corrected chi connectivity index (χ1v) is 7.09. The summed E-state index contributed by atoms with van der Waals surface area (Å²) in [7, 11) is 0. The molecular formula is C14H20N2OS. The molecule has 0 saturated heterocycles. The molecule has 0 aliphatic carbocycles.